The highest BCUT2D eigenvalue weighted by Crippen LogP contribution is 2.30. The predicted octanol–water partition coefficient (Wildman–Crippen LogP) is 2.36. The van der Waals surface area contributed by atoms with Gasteiger partial charge in [-0.2, -0.15) is 0 Å². The molecule has 0 bridgehead atoms. The van der Waals surface area contributed by atoms with Crippen molar-refractivity contribution in [2.45, 2.75) is 37.1 Å². The van der Waals surface area contributed by atoms with E-state index in [1.807, 2.05) is 6.92 Å². The van der Waals surface area contributed by atoms with E-state index in [9.17, 15) is 27.6 Å². The van der Waals surface area contributed by atoms with Crippen LogP contribution in [0.4, 0.5) is 9.18 Å². The van der Waals surface area contributed by atoms with Crippen LogP contribution in [0.5, 0.6) is 5.75 Å². The molecule has 2 aromatic rings. The largest absolute Gasteiger partial charge is 0.509 e. The van der Waals surface area contributed by atoms with E-state index in [1.54, 1.807) is 10.9 Å². The maximum absolute atomic E-state index is 13.4. The third-order valence-corrected chi connectivity index (χ3v) is 6.45. The molecule has 174 valence electrons. The molecule has 0 aromatic heterocycles. The number of hydrazine groups is 1. The molecule has 0 radical (unpaired) electrons. The van der Waals surface area contributed by atoms with E-state index in [4.69, 9.17) is 14.2 Å². The van der Waals surface area contributed by atoms with Crippen molar-refractivity contribution in [2.24, 2.45) is 0 Å². The van der Waals surface area contributed by atoms with Crippen LogP contribution in [0.15, 0.2) is 59.0 Å². The molecule has 1 saturated heterocycles. The minimum atomic E-state index is -4.30. The first kappa shape index (κ1) is 22.7. The molecule has 33 heavy (non-hydrogen) atoms. The Morgan fingerprint density at radius 2 is 1.97 bits per heavy atom. The number of amides is 1. The molecule has 1 aliphatic carbocycles. The Balaban J connectivity index is 1.37. The predicted molar refractivity (Wildman–Crippen MR) is 109 cm³/mol. The minimum absolute atomic E-state index is 0.0230. The Morgan fingerprint density at radius 1 is 1.24 bits per heavy atom. The van der Waals surface area contributed by atoms with Gasteiger partial charge < -0.3 is 14.2 Å². The number of ether oxygens (including phenoxy) is 3. The molecule has 2 aromatic carbocycles. The average Bonchev–Trinajstić information content (AvgIpc) is 3.31. The zero-order valence-electron chi connectivity index (χ0n) is 17.2. The number of benzene rings is 2. The van der Waals surface area contributed by atoms with Gasteiger partial charge in [-0.1, -0.05) is 10.9 Å². The molecule has 10 nitrogen and oxygen atoms in total. The summed E-state index contributed by atoms with van der Waals surface area (Å²) in [4.78, 5) is 24.9. The Kier molecular flexibility index (Phi) is 6.06. The zero-order valence-corrected chi connectivity index (χ0v) is 18.0. The van der Waals surface area contributed by atoms with Gasteiger partial charge in [0.15, 0.2) is 12.2 Å². The summed E-state index contributed by atoms with van der Waals surface area (Å²) in [5.41, 5.74) is 1.52. The van der Waals surface area contributed by atoms with Crippen LogP contribution in [-0.4, -0.2) is 43.1 Å². The fourth-order valence-electron chi connectivity index (χ4n) is 3.36. The molecular weight excluding hydrogens is 459 g/mol. The second-order valence-corrected chi connectivity index (χ2v) is 9.09. The molecule has 2 aliphatic rings. The maximum Gasteiger partial charge on any atom is 0.509 e. The summed E-state index contributed by atoms with van der Waals surface area (Å²) < 4.78 is 53.7. The number of halogens is 1. The van der Waals surface area contributed by atoms with Crippen LogP contribution < -0.4 is 9.57 Å². The first-order valence-corrected chi connectivity index (χ1v) is 11.2. The van der Waals surface area contributed by atoms with Gasteiger partial charge in [-0.25, -0.2) is 17.6 Å². The SMILES string of the molecule is Cc1ccc(F)cc1COc1ccc(S(=O)(=O)NN(O)C(=O)C2=CC3OC(=O)OC3C2)cc1. The lowest BCUT2D eigenvalue weighted by atomic mass is 10.1. The monoisotopic (exact) mass is 478 g/mol. The van der Waals surface area contributed by atoms with Gasteiger partial charge in [-0.05, 0) is 60.5 Å². The van der Waals surface area contributed by atoms with Crippen LogP contribution in [0.2, 0.25) is 0 Å². The topological polar surface area (TPSA) is 131 Å². The highest BCUT2D eigenvalue weighted by Gasteiger charge is 2.43. The molecule has 1 aliphatic heterocycles. The number of rotatable bonds is 7. The van der Waals surface area contributed by atoms with Crippen LogP contribution >= 0.6 is 0 Å². The number of carbonyl (C=O) groups excluding carboxylic acids is 2. The third kappa shape index (κ3) is 4.97. The highest BCUT2D eigenvalue weighted by atomic mass is 32.2. The van der Waals surface area contributed by atoms with Crippen molar-refractivity contribution in [3.05, 3.63) is 71.1 Å². The molecule has 12 heteroatoms. The molecule has 1 heterocycles. The summed E-state index contributed by atoms with van der Waals surface area (Å²) in [5.74, 6) is -1.08. The van der Waals surface area contributed by atoms with Gasteiger partial charge >= 0.3 is 6.16 Å². The molecule has 1 fully saturated rings. The molecule has 4 rings (SSSR count). The number of nitrogens with zero attached hydrogens (tertiary/aromatic N) is 1. The van der Waals surface area contributed by atoms with Crippen molar-refractivity contribution >= 4 is 22.1 Å². The van der Waals surface area contributed by atoms with Gasteiger partial charge in [0.05, 0.1) is 4.90 Å². The Bertz CT molecular complexity index is 1230. The first-order chi connectivity index (χ1) is 15.6. The summed E-state index contributed by atoms with van der Waals surface area (Å²) in [6.07, 6.45) is -1.03. The number of aryl methyl sites for hydroxylation is 1. The molecule has 2 atom stereocenters. The van der Waals surface area contributed by atoms with Crippen molar-refractivity contribution in [3.63, 3.8) is 0 Å². The van der Waals surface area contributed by atoms with Crippen LogP contribution in [0.1, 0.15) is 17.5 Å². The van der Waals surface area contributed by atoms with Crippen LogP contribution in [-0.2, 0) is 30.9 Å². The van der Waals surface area contributed by atoms with Gasteiger partial charge in [0.25, 0.3) is 15.9 Å². The van der Waals surface area contributed by atoms with E-state index >= 15 is 0 Å². The van der Waals surface area contributed by atoms with Crippen LogP contribution in [0.3, 0.4) is 0 Å². The quantitative estimate of drug-likeness (QED) is 0.352. The number of carbonyl (C=O) groups is 2. The number of hydrogen-bond donors (Lipinski definition) is 2. The zero-order chi connectivity index (χ0) is 23.8. The van der Waals surface area contributed by atoms with Crippen molar-refractivity contribution in [2.75, 3.05) is 0 Å². The standard InChI is InChI=1S/C21H19FN2O8S/c1-12-2-3-15(22)8-14(12)11-30-16-4-6-17(7-5-16)33(28,29)23-24(27)20(25)13-9-18-19(10-13)32-21(26)31-18/h2-9,18-19,23,27H,10-11H2,1H3. The fourth-order valence-corrected chi connectivity index (χ4v) is 4.27. The van der Waals surface area contributed by atoms with E-state index < -0.39 is 34.3 Å². The normalized spacial score (nSPS) is 19.4. The van der Waals surface area contributed by atoms with Gasteiger partial charge in [-0.3, -0.25) is 10.0 Å². The Labute approximate surface area is 188 Å². The van der Waals surface area contributed by atoms with Gasteiger partial charge in [0.1, 0.15) is 18.2 Å². The van der Waals surface area contributed by atoms with Crippen LogP contribution in [0.25, 0.3) is 0 Å². The summed E-state index contributed by atoms with van der Waals surface area (Å²) >= 11 is 0. The van der Waals surface area contributed by atoms with Crippen molar-refractivity contribution in [3.8, 4) is 5.75 Å². The number of hydroxylamine groups is 1. The van der Waals surface area contributed by atoms with Gasteiger partial charge in [0, 0.05) is 12.0 Å². The lowest BCUT2D eigenvalue weighted by Gasteiger charge is -2.17. The Morgan fingerprint density at radius 3 is 2.67 bits per heavy atom. The van der Waals surface area contributed by atoms with E-state index in [0.29, 0.717) is 11.3 Å². The first-order valence-electron chi connectivity index (χ1n) is 9.74. The molecule has 0 saturated carbocycles. The van der Waals surface area contributed by atoms with Crippen molar-refractivity contribution < 1.29 is 41.8 Å². The molecule has 2 unspecified atom stereocenters. The smallest absolute Gasteiger partial charge is 0.489 e. The second-order valence-electron chi connectivity index (χ2n) is 7.43. The highest BCUT2D eigenvalue weighted by molar-refractivity contribution is 7.89. The number of hydrogen-bond acceptors (Lipinski definition) is 8. The summed E-state index contributed by atoms with van der Waals surface area (Å²) in [7, 11) is -4.30. The molecule has 0 spiro atoms. The average molecular weight is 478 g/mol. The number of nitrogens with one attached hydrogen (secondary N) is 1. The van der Waals surface area contributed by atoms with Crippen molar-refractivity contribution in [1.82, 2.24) is 10.0 Å². The fraction of sp³-hybridized carbons (Fsp3) is 0.238. The number of sulfonamides is 1. The summed E-state index contributed by atoms with van der Waals surface area (Å²) in [6, 6.07) is 9.55. The summed E-state index contributed by atoms with van der Waals surface area (Å²) in [5, 5.41) is 9.80. The van der Waals surface area contributed by atoms with E-state index in [0.717, 1.165) is 5.56 Å². The van der Waals surface area contributed by atoms with Gasteiger partial charge in [-0.15, -0.1) is 5.17 Å². The lowest BCUT2D eigenvalue weighted by Crippen LogP contribution is -2.44. The minimum Gasteiger partial charge on any atom is -0.489 e. The lowest BCUT2D eigenvalue weighted by molar-refractivity contribution is -0.167. The van der Waals surface area contributed by atoms with E-state index in [-0.39, 0.29) is 34.5 Å². The Hall–Kier alpha value is -3.48. The van der Waals surface area contributed by atoms with Gasteiger partial charge in [0.2, 0.25) is 0 Å². The van der Waals surface area contributed by atoms with E-state index in [2.05, 4.69) is 0 Å². The molecule has 2 N–H and O–H groups in total. The van der Waals surface area contributed by atoms with Crippen LogP contribution in [0, 0.1) is 12.7 Å². The van der Waals surface area contributed by atoms with E-state index in [1.165, 1.54) is 42.5 Å². The van der Waals surface area contributed by atoms with Crippen molar-refractivity contribution in [1.29, 1.82) is 0 Å². The molecular formula is C21H19FN2O8S. The maximum atomic E-state index is 13.4. The molecule has 1 amide bonds. The third-order valence-electron chi connectivity index (χ3n) is 5.15. The summed E-state index contributed by atoms with van der Waals surface area (Å²) in [6.45, 7) is 1.90. The number of fused-ring (bicyclic) bond motifs is 1. The second kappa shape index (κ2) is 8.81.